The number of pyridine rings is 1. The number of imidazole rings is 1. The second-order valence-electron chi connectivity index (χ2n) is 7.34. The molecule has 6 nitrogen and oxygen atoms in total. The Morgan fingerprint density at radius 1 is 1.19 bits per heavy atom. The topological polar surface area (TPSA) is 60.2 Å². The van der Waals surface area contributed by atoms with E-state index in [1.54, 1.807) is 6.20 Å². The van der Waals surface area contributed by atoms with Gasteiger partial charge in [0, 0.05) is 56.0 Å². The van der Waals surface area contributed by atoms with Gasteiger partial charge < -0.3 is 14.2 Å². The Balaban J connectivity index is 1.53. The molecule has 0 aromatic carbocycles. The molecular formula is C20H26N4O2. The Morgan fingerprint density at radius 2 is 2.00 bits per heavy atom. The Hall–Kier alpha value is -2.21. The van der Waals surface area contributed by atoms with Crippen molar-refractivity contribution >= 4 is 5.91 Å². The first kappa shape index (κ1) is 17.2. The summed E-state index contributed by atoms with van der Waals surface area (Å²) in [4.78, 5) is 23.8. The zero-order chi connectivity index (χ0) is 18.1. The first-order chi connectivity index (χ1) is 12.6. The van der Waals surface area contributed by atoms with Crippen LogP contribution in [-0.4, -0.2) is 51.6 Å². The van der Waals surface area contributed by atoms with Gasteiger partial charge in [0.05, 0.1) is 11.6 Å². The average molecular weight is 354 g/mol. The van der Waals surface area contributed by atoms with E-state index in [-0.39, 0.29) is 5.91 Å². The maximum absolute atomic E-state index is 12.9. The fourth-order valence-corrected chi connectivity index (χ4v) is 4.22. The van der Waals surface area contributed by atoms with E-state index in [2.05, 4.69) is 16.5 Å². The van der Waals surface area contributed by atoms with Gasteiger partial charge in [-0.05, 0) is 45.2 Å². The van der Waals surface area contributed by atoms with Crippen LogP contribution in [-0.2, 0) is 4.74 Å². The summed E-state index contributed by atoms with van der Waals surface area (Å²) >= 11 is 0. The van der Waals surface area contributed by atoms with Gasteiger partial charge in [-0.1, -0.05) is 0 Å². The summed E-state index contributed by atoms with van der Waals surface area (Å²) in [7, 11) is 0. The van der Waals surface area contributed by atoms with Crippen molar-refractivity contribution in [3.63, 3.8) is 0 Å². The van der Waals surface area contributed by atoms with E-state index >= 15 is 0 Å². The third-order valence-electron chi connectivity index (χ3n) is 5.65. The van der Waals surface area contributed by atoms with E-state index < -0.39 is 0 Å². The molecule has 4 heterocycles. The lowest BCUT2D eigenvalue weighted by Gasteiger charge is -2.26. The molecule has 138 valence electrons. The molecular weight excluding hydrogens is 328 g/mol. The van der Waals surface area contributed by atoms with Crippen molar-refractivity contribution in [3.8, 4) is 0 Å². The van der Waals surface area contributed by atoms with Crippen molar-refractivity contribution in [2.45, 2.75) is 45.1 Å². The molecule has 2 aromatic rings. The molecule has 0 spiro atoms. The number of likely N-dealkylation sites (tertiary alicyclic amines) is 1. The lowest BCUT2D eigenvalue weighted by atomic mass is 9.99. The normalized spacial score (nSPS) is 21.3. The molecule has 6 heteroatoms. The van der Waals surface area contributed by atoms with E-state index in [1.807, 2.05) is 30.2 Å². The lowest BCUT2D eigenvalue weighted by Crippen LogP contribution is -2.30. The molecule has 0 N–H and O–H groups in total. The summed E-state index contributed by atoms with van der Waals surface area (Å²) in [5, 5.41) is 0. The van der Waals surface area contributed by atoms with Gasteiger partial charge in [-0.3, -0.25) is 9.78 Å². The van der Waals surface area contributed by atoms with E-state index in [4.69, 9.17) is 9.72 Å². The summed E-state index contributed by atoms with van der Waals surface area (Å²) in [5.41, 5.74) is 2.69. The number of aromatic nitrogens is 3. The fourth-order valence-electron chi connectivity index (χ4n) is 4.22. The van der Waals surface area contributed by atoms with Crippen LogP contribution in [0, 0.1) is 13.8 Å². The van der Waals surface area contributed by atoms with Crippen LogP contribution in [0.5, 0.6) is 0 Å². The summed E-state index contributed by atoms with van der Waals surface area (Å²) in [6.07, 6.45) is 6.73. The van der Waals surface area contributed by atoms with Gasteiger partial charge in [-0.25, -0.2) is 4.98 Å². The number of hydrogen-bond donors (Lipinski definition) is 0. The van der Waals surface area contributed by atoms with Gasteiger partial charge in [0.2, 0.25) is 0 Å². The maximum atomic E-state index is 12.9. The molecule has 0 aliphatic carbocycles. The number of rotatable bonds is 3. The van der Waals surface area contributed by atoms with Crippen LogP contribution in [0.15, 0.2) is 24.5 Å². The van der Waals surface area contributed by atoms with Crippen LogP contribution in [0.2, 0.25) is 0 Å². The van der Waals surface area contributed by atoms with Gasteiger partial charge in [0.15, 0.2) is 0 Å². The predicted octanol–water partition coefficient (Wildman–Crippen LogP) is 2.88. The highest BCUT2D eigenvalue weighted by Gasteiger charge is 2.32. The van der Waals surface area contributed by atoms with Gasteiger partial charge in [-0.15, -0.1) is 0 Å². The molecule has 1 atom stereocenters. The van der Waals surface area contributed by atoms with Crippen molar-refractivity contribution < 1.29 is 9.53 Å². The van der Waals surface area contributed by atoms with E-state index in [1.165, 1.54) is 11.5 Å². The quantitative estimate of drug-likeness (QED) is 0.850. The van der Waals surface area contributed by atoms with Gasteiger partial charge in [0.1, 0.15) is 5.82 Å². The number of ether oxygens (including phenoxy) is 1. The van der Waals surface area contributed by atoms with E-state index in [0.717, 1.165) is 51.3 Å². The Kier molecular flexibility index (Phi) is 4.76. The highest BCUT2D eigenvalue weighted by Crippen LogP contribution is 2.32. The van der Waals surface area contributed by atoms with Crippen LogP contribution in [0.1, 0.15) is 58.8 Å². The summed E-state index contributed by atoms with van der Waals surface area (Å²) in [6, 6.07) is 4.00. The summed E-state index contributed by atoms with van der Waals surface area (Å²) in [6.45, 7) is 7.15. The largest absolute Gasteiger partial charge is 0.381 e. The van der Waals surface area contributed by atoms with Gasteiger partial charge in [-0.2, -0.15) is 0 Å². The highest BCUT2D eigenvalue weighted by molar-refractivity contribution is 5.95. The van der Waals surface area contributed by atoms with Crippen molar-refractivity contribution in [1.29, 1.82) is 0 Å². The molecule has 2 fully saturated rings. The standard InChI is InChI=1S/C20H26N4O2/c1-14-12-22-19(16-6-10-26-11-7-16)24(14)17-5-9-23(13-17)20(25)18-4-3-8-21-15(18)2/h3-4,8,12,16-17H,5-7,9-11,13H2,1-2H3. The molecule has 26 heavy (non-hydrogen) atoms. The Labute approximate surface area is 154 Å². The molecule has 0 saturated carbocycles. The Morgan fingerprint density at radius 3 is 2.77 bits per heavy atom. The van der Waals surface area contributed by atoms with Crippen LogP contribution in [0.25, 0.3) is 0 Å². The molecule has 2 aliphatic rings. The molecule has 2 aromatic heterocycles. The molecule has 1 amide bonds. The second kappa shape index (κ2) is 7.19. The van der Waals surface area contributed by atoms with Crippen molar-refractivity contribution in [2.75, 3.05) is 26.3 Å². The number of nitrogens with zero attached hydrogens (tertiary/aromatic N) is 4. The third-order valence-corrected chi connectivity index (χ3v) is 5.65. The van der Waals surface area contributed by atoms with E-state index in [9.17, 15) is 4.79 Å². The number of aryl methyl sites for hydroxylation is 2. The zero-order valence-electron chi connectivity index (χ0n) is 15.5. The minimum atomic E-state index is 0.0866. The first-order valence-corrected chi connectivity index (χ1v) is 9.47. The Bertz CT molecular complexity index is 795. The van der Waals surface area contributed by atoms with E-state index in [0.29, 0.717) is 17.5 Å². The lowest BCUT2D eigenvalue weighted by molar-refractivity contribution is 0.0783. The second-order valence-corrected chi connectivity index (χ2v) is 7.34. The SMILES string of the molecule is Cc1ncccc1C(=O)N1CCC(n2c(C)cnc2C2CCOCC2)C1. The molecule has 4 rings (SSSR count). The first-order valence-electron chi connectivity index (χ1n) is 9.47. The maximum Gasteiger partial charge on any atom is 0.255 e. The molecule has 0 bridgehead atoms. The zero-order valence-corrected chi connectivity index (χ0v) is 15.5. The summed E-state index contributed by atoms with van der Waals surface area (Å²) < 4.78 is 7.88. The molecule has 2 saturated heterocycles. The predicted molar refractivity (Wildman–Crippen MR) is 98.3 cm³/mol. The molecule has 1 unspecified atom stereocenters. The minimum Gasteiger partial charge on any atom is -0.381 e. The van der Waals surface area contributed by atoms with Gasteiger partial charge >= 0.3 is 0 Å². The number of carbonyl (C=O) groups is 1. The monoisotopic (exact) mass is 354 g/mol. The van der Waals surface area contributed by atoms with Crippen molar-refractivity contribution in [3.05, 3.63) is 47.3 Å². The fraction of sp³-hybridized carbons (Fsp3) is 0.550. The number of carbonyl (C=O) groups excluding carboxylic acids is 1. The van der Waals surface area contributed by atoms with Crippen molar-refractivity contribution in [1.82, 2.24) is 19.4 Å². The number of amides is 1. The molecule has 2 aliphatic heterocycles. The molecule has 0 radical (unpaired) electrons. The average Bonchev–Trinajstić information content (AvgIpc) is 3.29. The van der Waals surface area contributed by atoms with Crippen LogP contribution in [0.4, 0.5) is 0 Å². The minimum absolute atomic E-state index is 0.0866. The van der Waals surface area contributed by atoms with Gasteiger partial charge in [0.25, 0.3) is 5.91 Å². The highest BCUT2D eigenvalue weighted by atomic mass is 16.5. The van der Waals surface area contributed by atoms with Crippen molar-refractivity contribution in [2.24, 2.45) is 0 Å². The summed E-state index contributed by atoms with van der Waals surface area (Å²) in [5.74, 6) is 1.72. The smallest absolute Gasteiger partial charge is 0.255 e. The van der Waals surface area contributed by atoms with Crippen LogP contribution >= 0.6 is 0 Å². The third kappa shape index (κ3) is 3.14. The van der Waals surface area contributed by atoms with Crippen LogP contribution in [0.3, 0.4) is 0 Å². The number of hydrogen-bond acceptors (Lipinski definition) is 4. The van der Waals surface area contributed by atoms with Crippen LogP contribution < -0.4 is 0 Å².